The molecule has 1 nitrogen and oxygen atoms in total. The Morgan fingerprint density at radius 2 is 1.55 bits per heavy atom. The fourth-order valence-corrected chi connectivity index (χ4v) is 12.5. The molecular formula is C18H29NSn. The number of anilines is 1. The van der Waals surface area contributed by atoms with Crippen LogP contribution in [0.25, 0.3) is 0 Å². The minimum atomic E-state index is -2.03. The van der Waals surface area contributed by atoms with Gasteiger partial charge in [-0.05, 0) is 0 Å². The average molecular weight is 378 g/mol. The third-order valence-corrected chi connectivity index (χ3v) is 16.7. The molecule has 1 aromatic rings. The van der Waals surface area contributed by atoms with E-state index in [-0.39, 0.29) is 0 Å². The third-order valence-electron chi connectivity index (χ3n) is 6.33. The van der Waals surface area contributed by atoms with Gasteiger partial charge in [-0.15, -0.1) is 0 Å². The molecule has 0 radical (unpaired) electrons. The number of hydrogen-bond donors (Lipinski definition) is 0. The van der Waals surface area contributed by atoms with Crippen LogP contribution in [-0.2, 0) is 8.85 Å². The summed E-state index contributed by atoms with van der Waals surface area (Å²) in [5, 5.41) is 0. The summed E-state index contributed by atoms with van der Waals surface area (Å²) in [6.45, 7) is 2.50. The second kappa shape index (κ2) is 4.41. The van der Waals surface area contributed by atoms with Crippen molar-refractivity contribution in [3.63, 3.8) is 0 Å². The molecule has 3 aliphatic carbocycles. The Morgan fingerprint density at radius 3 is 2.05 bits per heavy atom. The average Bonchev–Trinajstić information content (AvgIpc) is 2.38. The standard InChI is InChI=1S/C15H20N.3CH3.Sn/c1-15-8-6-11(7-9-15)13-10-12(16(2)3)4-5-14(13)15;;;;/h4-5,10H,6-9H2,1-3H3;3*1H3;. The second-order valence-corrected chi connectivity index (χ2v) is 24.1. The molecule has 0 atom stereocenters. The van der Waals surface area contributed by atoms with Gasteiger partial charge in [0.15, 0.2) is 0 Å². The van der Waals surface area contributed by atoms with E-state index < -0.39 is 18.4 Å². The zero-order valence-corrected chi connectivity index (χ0v) is 16.9. The second-order valence-electron chi connectivity index (χ2n) is 8.52. The van der Waals surface area contributed by atoms with E-state index in [1.807, 2.05) is 0 Å². The summed E-state index contributed by atoms with van der Waals surface area (Å²) in [4.78, 5) is 10.2. The van der Waals surface area contributed by atoms with Crippen molar-refractivity contribution in [1.29, 1.82) is 0 Å². The molecule has 3 aliphatic rings. The van der Waals surface area contributed by atoms with Crippen molar-refractivity contribution in [3.05, 3.63) is 29.3 Å². The molecule has 0 unspecified atom stereocenters. The summed E-state index contributed by atoms with van der Waals surface area (Å²) in [5.41, 5.74) is 5.27. The van der Waals surface area contributed by atoms with E-state index in [0.717, 1.165) is 0 Å². The maximum atomic E-state index is 2.65. The molecule has 1 saturated carbocycles. The SMILES string of the molecule is CN(C)c1ccc2c(c1)[C]1([Sn]([CH3])([CH3])[CH3])CCC2(C)CC1. The van der Waals surface area contributed by atoms with Crippen molar-refractivity contribution in [1.82, 2.24) is 0 Å². The van der Waals surface area contributed by atoms with E-state index in [1.54, 1.807) is 11.1 Å². The van der Waals surface area contributed by atoms with E-state index in [9.17, 15) is 0 Å². The van der Waals surface area contributed by atoms with Gasteiger partial charge in [0.05, 0.1) is 0 Å². The number of benzene rings is 1. The summed E-state index contributed by atoms with van der Waals surface area (Å²) in [7, 11) is 4.33. The van der Waals surface area contributed by atoms with Crippen LogP contribution >= 0.6 is 0 Å². The Balaban J connectivity index is 2.25. The molecule has 0 aliphatic heterocycles. The number of nitrogens with zero attached hydrogens (tertiary/aromatic N) is 1. The van der Waals surface area contributed by atoms with E-state index in [2.05, 4.69) is 58.9 Å². The Morgan fingerprint density at radius 1 is 0.950 bits per heavy atom. The van der Waals surface area contributed by atoms with Crippen LogP contribution in [-0.4, -0.2) is 32.5 Å². The summed E-state index contributed by atoms with van der Waals surface area (Å²) < 4.78 is 0.591. The third kappa shape index (κ3) is 1.88. The normalized spacial score (nSPS) is 32.1. The summed E-state index contributed by atoms with van der Waals surface area (Å²) in [5.74, 6) is 0. The van der Waals surface area contributed by atoms with Gasteiger partial charge in [-0.25, -0.2) is 0 Å². The Hall–Kier alpha value is -0.181. The van der Waals surface area contributed by atoms with Gasteiger partial charge in [-0.3, -0.25) is 0 Å². The first kappa shape index (κ1) is 14.7. The van der Waals surface area contributed by atoms with Crippen LogP contribution < -0.4 is 4.90 Å². The first-order valence-electron chi connectivity index (χ1n) is 8.02. The molecule has 0 heterocycles. The molecule has 0 saturated heterocycles. The van der Waals surface area contributed by atoms with Gasteiger partial charge in [0.2, 0.25) is 0 Å². The van der Waals surface area contributed by atoms with Crippen LogP contribution in [0.5, 0.6) is 0 Å². The Kier molecular flexibility index (Phi) is 3.25. The van der Waals surface area contributed by atoms with Gasteiger partial charge in [-0.2, -0.15) is 0 Å². The summed E-state index contributed by atoms with van der Waals surface area (Å²) in [6, 6.07) is 7.32. The van der Waals surface area contributed by atoms with Gasteiger partial charge >= 0.3 is 129 Å². The predicted octanol–water partition coefficient (Wildman–Crippen LogP) is 4.71. The first-order valence-corrected chi connectivity index (χ1v) is 18.0. The summed E-state index contributed by atoms with van der Waals surface area (Å²) >= 11 is -2.03. The molecule has 1 aromatic carbocycles. The quantitative estimate of drug-likeness (QED) is 0.674. The van der Waals surface area contributed by atoms with E-state index >= 15 is 0 Å². The van der Waals surface area contributed by atoms with E-state index in [1.165, 1.54) is 31.4 Å². The number of rotatable bonds is 2. The first-order chi connectivity index (χ1) is 9.20. The zero-order valence-electron chi connectivity index (χ0n) is 14.0. The molecular weight excluding hydrogens is 349 g/mol. The molecule has 0 aromatic heterocycles. The monoisotopic (exact) mass is 379 g/mol. The van der Waals surface area contributed by atoms with Crippen LogP contribution in [0.3, 0.4) is 0 Å². The van der Waals surface area contributed by atoms with Gasteiger partial charge in [0, 0.05) is 0 Å². The van der Waals surface area contributed by atoms with Crippen LogP contribution in [0.2, 0.25) is 14.8 Å². The zero-order chi connectivity index (χ0) is 14.8. The fourth-order valence-electron chi connectivity index (χ4n) is 4.65. The molecule has 0 amide bonds. The van der Waals surface area contributed by atoms with Gasteiger partial charge < -0.3 is 0 Å². The van der Waals surface area contributed by atoms with Crippen LogP contribution in [0.4, 0.5) is 5.69 Å². The van der Waals surface area contributed by atoms with Crippen molar-refractivity contribution in [2.45, 2.75) is 56.3 Å². The van der Waals surface area contributed by atoms with Gasteiger partial charge in [0.1, 0.15) is 0 Å². The fraction of sp³-hybridized carbons (Fsp3) is 0.667. The van der Waals surface area contributed by atoms with Crippen molar-refractivity contribution in [2.24, 2.45) is 0 Å². The molecule has 20 heavy (non-hydrogen) atoms. The van der Waals surface area contributed by atoms with E-state index in [4.69, 9.17) is 0 Å². The van der Waals surface area contributed by atoms with Crippen molar-refractivity contribution < 1.29 is 0 Å². The number of fused-ring (bicyclic) bond motifs is 2. The van der Waals surface area contributed by atoms with Crippen molar-refractivity contribution in [2.75, 3.05) is 19.0 Å². The molecule has 1 fully saturated rings. The van der Waals surface area contributed by atoms with Gasteiger partial charge in [0.25, 0.3) is 0 Å². The Labute approximate surface area is 128 Å². The van der Waals surface area contributed by atoms with Crippen molar-refractivity contribution in [3.8, 4) is 0 Å². The van der Waals surface area contributed by atoms with Crippen LogP contribution in [0.1, 0.15) is 43.7 Å². The van der Waals surface area contributed by atoms with Crippen molar-refractivity contribution >= 4 is 24.1 Å². The van der Waals surface area contributed by atoms with E-state index in [0.29, 0.717) is 8.85 Å². The minimum absolute atomic E-state index is 0.457. The van der Waals surface area contributed by atoms with Crippen LogP contribution in [0.15, 0.2) is 18.2 Å². The molecule has 0 spiro atoms. The number of hydrogen-bond acceptors (Lipinski definition) is 1. The topological polar surface area (TPSA) is 3.24 Å². The molecule has 4 rings (SSSR count). The van der Waals surface area contributed by atoms with Crippen LogP contribution in [0, 0.1) is 0 Å². The predicted molar refractivity (Wildman–Crippen MR) is 91.6 cm³/mol. The molecule has 2 bridgehead atoms. The van der Waals surface area contributed by atoms with Gasteiger partial charge in [-0.1, -0.05) is 0 Å². The molecule has 110 valence electrons. The molecule has 2 heteroatoms. The maximum absolute atomic E-state index is 2.65. The molecule has 0 N–H and O–H groups in total. The Bertz CT molecular complexity index is 531. The summed E-state index contributed by atoms with van der Waals surface area (Å²) in [6.07, 6.45) is 5.73.